The molecule has 14 heavy (non-hydrogen) atoms. The van der Waals surface area contributed by atoms with Crippen molar-refractivity contribution < 1.29 is 9.59 Å². The second-order valence-corrected chi connectivity index (χ2v) is 5.35. The van der Waals surface area contributed by atoms with Gasteiger partial charge in [-0.15, -0.1) is 0 Å². The molecule has 0 radical (unpaired) electrons. The summed E-state index contributed by atoms with van der Waals surface area (Å²) in [5.41, 5.74) is -0.958. The zero-order valence-corrected chi connectivity index (χ0v) is 9.47. The molecule has 4 heteroatoms. The number of hydrogen-bond donors (Lipinski definition) is 1. The second-order valence-electron chi connectivity index (χ2n) is 5.35. The molecule has 0 aliphatic carbocycles. The van der Waals surface area contributed by atoms with Gasteiger partial charge in [-0.25, -0.2) is 4.79 Å². The molecule has 0 saturated carbocycles. The fourth-order valence-corrected chi connectivity index (χ4v) is 1.46. The van der Waals surface area contributed by atoms with Crippen LogP contribution < -0.4 is 5.32 Å². The van der Waals surface area contributed by atoms with Crippen LogP contribution >= 0.6 is 0 Å². The van der Waals surface area contributed by atoms with Crippen LogP contribution in [-0.4, -0.2) is 28.9 Å². The van der Waals surface area contributed by atoms with Crippen molar-refractivity contribution in [3.8, 4) is 0 Å². The Kier molecular flexibility index (Phi) is 2.34. The molecular weight excluding hydrogens is 180 g/mol. The third kappa shape index (κ3) is 1.74. The molecule has 0 aromatic carbocycles. The van der Waals surface area contributed by atoms with Gasteiger partial charge in [-0.1, -0.05) is 0 Å². The van der Waals surface area contributed by atoms with Crippen LogP contribution in [0.5, 0.6) is 0 Å². The van der Waals surface area contributed by atoms with Gasteiger partial charge in [0.25, 0.3) is 0 Å². The zero-order chi connectivity index (χ0) is 11.1. The molecule has 3 amide bonds. The molecule has 0 atom stereocenters. The van der Waals surface area contributed by atoms with E-state index in [1.165, 1.54) is 4.90 Å². The lowest BCUT2D eigenvalue weighted by Gasteiger charge is -2.42. The number of amides is 3. The summed E-state index contributed by atoms with van der Waals surface area (Å²) in [4.78, 5) is 24.8. The van der Waals surface area contributed by atoms with Crippen LogP contribution in [0.25, 0.3) is 0 Å². The summed E-state index contributed by atoms with van der Waals surface area (Å²) in [7, 11) is 0. The van der Waals surface area contributed by atoms with E-state index in [2.05, 4.69) is 5.32 Å². The Labute approximate surface area is 84.7 Å². The highest BCUT2D eigenvalue weighted by atomic mass is 16.2. The van der Waals surface area contributed by atoms with Crippen molar-refractivity contribution in [1.82, 2.24) is 10.2 Å². The summed E-state index contributed by atoms with van der Waals surface area (Å²) in [5, 5.41) is 2.73. The first-order valence-electron chi connectivity index (χ1n) is 4.79. The molecule has 0 unspecified atom stereocenters. The van der Waals surface area contributed by atoms with Gasteiger partial charge in [-0.2, -0.15) is 0 Å². The molecule has 0 aromatic heterocycles. The van der Waals surface area contributed by atoms with Gasteiger partial charge in [0.15, 0.2) is 0 Å². The highest BCUT2D eigenvalue weighted by Crippen LogP contribution is 2.27. The molecule has 1 fully saturated rings. The van der Waals surface area contributed by atoms with Crippen molar-refractivity contribution >= 4 is 11.9 Å². The van der Waals surface area contributed by atoms with Crippen molar-refractivity contribution in [2.75, 3.05) is 6.54 Å². The van der Waals surface area contributed by atoms with Crippen LogP contribution in [0.2, 0.25) is 0 Å². The first-order valence-corrected chi connectivity index (χ1v) is 4.79. The summed E-state index contributed by atoms with van der Waals surface area (Å²) >= 11 is 0. The zero-order valence-electron chi connectivity index (χ0n) is 9.47. The summed E-state index contributed by atoms with van der Waals surface area (Å²) in [6, 6.07) is -0.290. The first kappa shape index (κ1) is 11.0. The van der Waals surface area contributed by atoms with Crippen LogP contribution in [0.15, 0.2) is 0 Å². The Balaban J connectivity index is 3.03. The molecule has 1 heterocycles. The topological polar surface area (TPSA) is 49.4 Å². The van der Waals surface area contributed by atoms with Gasteiger partial charge >= 0.3 is 6.03 Å². The predicted octanol–water partition coefficient (Wildman–Crippen LogP) is 1.36. The maximum Gasteiger partial charge on any atom is 0.324 e. The van der Waals surface area contributed by atoms with E-state index in [0.717, 1.165) is 0 Å². The van der Waals surface area contributed by atoms with E-state index < -0.39 is 11.0 Å². The molecule has 0 aromatic rings. The number of carbonyl (C=O) groups excluding carboxylic acids is 2. The third-order valence-electron chi connectivity index (χ3n) is 2.34. The minimum Gasteiger partial charge on any atom is -0.337 e. The Hall–Kier alpha value is -1.06. The van der Waals surface area contributed by atoms with E-state index in [1.807, 2.05) is 34.6 Å². The van der Waals surface area contributed by atoms with Crippen LogP contribution in [0, 0.1) is 5.41 Å². The lowest BCUT2D eigenvalue weighted by atomic mass is 9.87. The monoisotopic (exact) mass is 198 g/mol. The average Bonchev–Trinajstić information content (AvgIpc) is 1.96. The van der Waals surface area contributed by atoms with Gasteiger partial charge in [-0.05, 0) is 34.6 Å². The number of nitrogens with one attached hydrogen (secondary N) is 1. The van der Waals surface area contributed by atoms with E-state index in [4.69, 9.17) is 0 Å². The minimum absolute atomic E-state index is 0.103. The van der Waals surface area contributed by atoms with Crippen molar-refractivity contribution in [2.24, 2.45) is 5.41 Å². The minimum atomic E-state index is -0.499. The van der Waals surface area contributed by atoms with Crippen molar-refractivity contribution in [3.05, 3.63) is 0 Å². The lowest BCUT2D eigenvalue weighted by Crippen LogP contribution is -2.63. The number of rotatable bonds is 0. The number of hydrogen-bond acceptors (Lipinski definition) is 2. The van der Waals surface area contributed by atoms with Gasteiger partial charge < -0.3 is 5.32 Å². The fourth-order valence-electron chi connectivity index (χ4n) is 1.46. The quantitative estimate of drug-likeness (QED) is 0.639. The number of imide groups is 1. The molecule has 1 aliphatic heterocycles. The summed E-state index contributed by atoms with van der Waals surface area (Å²) in [6.45, 7) is 9.65. The fraction of sp³-hybridized carbons (Fsp3) is 0.800. The molecule has 0 bridgehead atoms. The molecule has 1 rings (SSSR count). The molecule has 1 N–H and O–H groups in total. The third-order valence-corrected chi connectivity index (χ3v) is 2.34. The maximum absolute atomic E-state index is 12.0. The molecule has 0 spiro atoms. The Morgan fingerprint density at radius 1 is 1.29 bits per heavy atom. The van der Waals surface area contributed by atoms with E-state index in [-0.39, 0.29) is 11.9 Å². The lowest BCUT2D eigenvalue weighted by molar-refractivity contribution is -0.142. The average molecular weight is 198 g/mol. The normalized spacial score (nSPS) is 22.2. The highest BCUT2D eigenvalue weighted by molar-refractivity contribution is 6.00. The van der Waals surface area contributed by atoms with Gasteiger partial charge in [0.1, 0.15) is 0 Å². The Morgan fingerprint density at radius 3 is 2.14 bits per heavy atom. The summed E-state index contributed by atoms with van der Waals surface area (Å²) in [6.07, 6.45) is 0. The molecule has 1 saturated heterocycles. The first-order chi connectivity index (χ1) is 6.16. The summed E-state index contributed by atoms with van der Waals surface area (Å²) < 4.78 is 0. The van der Waals surface area contributed by atoms with Crippen LogP contribution in [0.3, 0.4) is 0 Å². The second kappa shape index (κ2) is 2.97. The largest absolute Gasteiger partial charge is 0.337 e. The standard InChI is InChI=1S/C10H18N2O2/c1-9(2,3)12-7(13)10(4,5)6-11-8(12)14/h6H2,1-5H3,(H,11,14). The summed E-state index contributed by atoms with van der Waals surface area (Å²) in [5.74, 6) is -0.103. The van der Waals surface area contributed by atoms with Crippen LogP contribution in [-0.2, 0) is 4.79 Å². The van der Waals surface area contributed by atoms with E-state index in [1.54, 1.807) is 0 Å². The Bertz CT molecular complexity index is 276. The van der Waals surface area contributed by atoms with Crippen molar-refractivity contribution in [3.63, 3.8) is 0 Å². The number of urea groups is 1. The Morgan fingerprint density at radius 2 is 1.79 bits per heavy atom. The van der Waals surface area contributed by atoms with E-state index >= 15 is 0 Å². The highest BCUT2D eigenvalue weighted by Gasteiger charge is 2.44. The van der Waals surface area contributed by atoms with Gasteiger partial charge in [0, 0.05) is 12.1 Å². The predicted molar refractivity (Wildman–Crippen MR) is 53.8 cm³/mol. The molecule has 80 valence electrons. The van der Waals surface area contributed by atoms with Gasteiger partial charge in [0.05, 0.1) is 5.41 Å². The SMILES string of the molecule is CC1(C)CNC(=O)N(C(C)(C)C)C1=O. The molecular formula is C10H18N2O2. The molecule has 4 nitrogen and oxygen atoms in total. The molecule has 1 aliphatic rings. The van der Waals surface area contributed by atoms with E-state index in [9.17, 15) is 9.59 Å². The van der Waals surface area contributed by atoms with Crippen molar-refractivity contribution in [2.45, 2.75) is 40.2 Å². The number of carbonyl (C=O) groups is 2. The van der Waals surface area contributed by atoms with Gasteiger partial charge in [-0.3, -0.25) is 9.69 Å². The smallest absolute Gasteiger partial charge is 0.324 e. The van der Waals surface area contributed by atoms with Crippen LogP contribution in [0.4, 0.5) is 4.79 Å². The van der Waals surface area contributed by atoms with Crippen molar-refractivity contribution in [1.29, 1.82) is 0 Å². The van der Waals surface area contributed by atoms with E-state index in [0.29, 0.717) is 6.54 Å². The van der Waals surface area contributed by atoms with Crippen LogP contribution in [0.1, 0.15) is 34.6 Å². The number of nitrogens with zero attached hydrogens (tertiary/aromatic N) is 1. The maximum atomic E-state index is 12.0. The van der Waals surface area contributed by atoms with Gasteiger partial charge in [0.2, 0.25) is 5.91 Å².